The lowest BCUT2D eigenvalue weighted by Gasteiger charge is -2.10. The third-order valence-corrected chi connectivity index (χ3v) is 4.62. The van der Waals surface area contributed by atoms with Crippen LogP contribution in [0, 0.1) is 5.82 Å². The number of rotatable bonds is 7. The Morgan fingerprint density at radius 1 is 0.960 bits per heavy atom. The predicted molar refractivity (Wildman–Crippen MR) is 100 cm³/mol. The largest absolute Gasteiger partial charge is 0.494 e. The molecule has 3 heteroatoms. The number of aliphatic hydroxyl groups is 1. The fourth-order valence-corrected chi connectivity index (χ4v) is 3.23. The van der Waals surface area contributed by atoms with Crippen LogP contribution in [0.1, 0.15) is 48.8 Å². The van der Waals surface area contributed by atoms with Gasteiger partial charge in [0.05, 0.1) is 6.61 Å². The van der Waals surface area contributed by atoms with Crippen LogP contribution in [0.2, 0.25) is 0 Å². The fourth-order valence-electron chi connectivity index (χ4n) is 3.23. The monoisotopic (exact) mass is 340 g/mol. The van der Waals surface area contributed by atoms with E-state index in [1.54, 1.807) is 0 Å². The van der Waals surface area contributed by atoms with Crippen LogP contribution in [0.15, 0.2) is 42.5 Å². The van der Waals surface area contributed by atoms with Gasteiger partial charge < -0.3 is 9.84 Å². The van der Waals surface area contributed by atoms with Gasteiger partial charge in [-0.05, 0) is 85.1 Å². The van der Waals surface area contributed by atoms with Gasteiger partial charge in [-0.15, -0.1) is 0 Å². The second-order valence-electron chi connectivity index (χ2n) is 6.52. The van der Waals surface area contributed by atoms with E-state index in [4.69, 9.17) is 9.84 Å². The minimum absolute atomic E-state index is 0.195. The molecule has 0 amide bonds. The molecule has 132 valence electrons. The molecule has 0 aromatic heterocycles. The van der Waals surface area contributed by atoms with Crippen molar-refractivity contribution in [1.82, 2.24) is 0 Å². The molecule has 0 aliphatic heterocycles. The summed E-state index contributed by atoms with van der Waals surface area (Å²) in [6, 6.07) is 13.0. The first-order valence-electron chi connectivity index (χ1n) is 9.09. The Morgan fingerprint density at radius 3 is 2.60 bits per heavy atom. The zero-order valence-electron chi connectivity index (χ0n) is 14.5. The first kappa shape index (κ1) is 17.7. The van der Waals surface area contributed by atoms with Gasteiger partial charge in [-0.25, -0.2) is 4.39 Å². The van der Waals surface area contributed by atoms with E-state index < -0.39 is 0 Å². The third kappa shape index (κ3) is 4.93. The highest BCUT2D eigenvalue weighted by Crippen LogP contribution is 2.31. The highest BCUT2D eigenvalue weighted by atomic mass is 19.1. The van der Waals surface area contributed by atoms with E-state index in [1.165, 1.54) is 28.8 Å². The number of hydrogen-bond acceptors (Lipinski definition) is 2. The molecule has 25 heavy (non-hydrogen) atoms. The van der Waals surface area contributed by atoms with Crippen LogP contribution in [0.3, 0.4) is 0 Å². The second-order valence-corrected chi connectivity index (χ2v) is 6.52. The van der Waals surface area contributed by atoms with Gasteiger partial charge in [0.2, 0.25) is 0 Å². The number of aryl methyl sites for hydroxylation is 1. The molecule has 0 saturated carbocycles. The molecular weight excluding hydrogens is 315 g/mol. The Kier molecular flexibility index (Phi) is 6.24. The van der Waals surface area contributed by atoms with Crippen molar-refractivity contribution in [3.63, 3.8) is 0 Å². The van der Waals surface area contributed by atoms with Crippen LogP contribution < -0.4 is 4.74 Å². The summed E-state index contributed by atoms with van der Waals surface area (Å²) in [5, 5.41) is 8.79. The lowest BCUT2D eigenvalue weighted by Crippen LogP contribution is -1.99. The number of aliphatic hydroxyl groups excluding tert-OH is 1. The number of allylic oxidation sites excluding steroid dienone is 1. The highest BCUT2D eigenvalue weighted by molar-refractivity contribution is 5.83. The maximum atomic E-state index is 13.1. The molecule has 0 heterocycles. The molecule has 0 fully saturated rings. The Morgan fingerprint density at radius 2 is 1.80 bits per heavy atom. The molecule has 0 saturated heterocycles. The number of benzene rings is 2. The van der Waals surface area contributed by atoms with E-state index in [0.717, 1.165) is 49.8 Å². The Balaban J connectivity index is 1.70. The lowest BCUT2D eigenvalue weighted by molar-refractivity contribution is 0.266. The summed E-state index contributed by atoms with van der Waals surface area (Å²) in [7, 11) is 0. The van der Waals surface area contributed by atoms with Crippen molar-refractivity contribution in [3.8, 4) is 5.75 Å². The normalized spacial score (nSPS) is 13.8. The molecule has 0 bridgehead atoms. The Labute approximate surface area is 149 Å². The van der Waals surface area contributed by atoms with Crippen LogP contribution in [0.25, 0.3) is 11.6 Å². The zero-order chi connectivity index (χ0) is 17.5. The molecule has 1 aliphatic rings. The first-order chi connectivity index (χ1) is 12.3. The Hall–Kier alpha value is -2.13. The smallest absolute Gasteiger partial charge is 0.123 e. The molecule has 1 aliphatic carbocycles. The molecule has 2 aromatic carbocycles. The van der Waals surface area contributed by atoms with E-state index in [-0.39, 0.29) is 12.4 Å². The average molecular weight is 340 g/mol. The fraction of sp³-hybridized carbons (Fsp3) is 0.364. The van der Waals surface area contributed by atoms with E-state index in [2.05, 4.69) is 18.2 Å². The SMILES string of the molecule is OCCCCCOc1ccc2c(c1)CCCC(c1ccc(F)cc1)=C2. The van der Waals surface area contributed by atoms with Gasteiger partial charge in [0, 0.05) is 6.61 Å². The van der Waals surface area contributed by atoms with Crippen molar-refractivity contribution in [2.45, 2.75) is 38.5 Å². The van der Waals surface area contributed by atoms with Gasteiger partial charge in [0.15, 0.2) is 0 Å². The second kappa shape index (κ2) is 8.82. The van der Waals surface area contributed by atoms with E-state index in [1.807, 2.05) is 18.2 Å². The molecule has 3 rings (SSSR count). The van der Waals surface area contributed by atoms with E-state index in [0.29, 0.717) is 6.61 Å². The average Bonchev–Trinajstić information content (AvgIpc) is 2.84. The van der Waals surface area contributed by atoms with Crippen LogP contribution in [0.4, 0.5) is 4.39 Å². The van der Waals surface area contributed by atoms with Crippen molar-refractivity contribution in [2.75, 3.05) is 13.2 Å². The maximum Gasteiger partial charge on any atom is 0.123 e. The van der Waals surface area contributed by atoms with Crippen molar-refractivity contribution < 1.29 is 14.2 Å². The summed E-state index contributed by atoms with van der Waals surface area (Å²) < 4.78 is 19.0. The summed E-state index contributed by atoms with van der Waals surface area (Å²) in [6.07, 6.45) is 8.12. The van der Waals surface area contributed by atoms with Crippen LogP contribution in [-0.2, 0) is 6.42 Å². The quantitative estimate of drug-likeness (QED) is 0.698. The van der Waals surface area contributed by atoms with E-state index >= 15 is 0 Å². The summed E-state index contributed by atoms with van der Waals surface area (Å²) in [5.41, 5.74) is 4.89. The number of fused-ring (bicyclic) bond motifs is 1. The Bertz CT molecular complexity index is 719. The predicted octanol–water partition coefficient (Wildman–Crippen LogP) is 5.24. The van der Waals surface area contributed by atoms with Gasteiger partial charge in [-0.2, -0.15) is 0 Å². The molecular formula is C22H25FO2. The van der Waals surface area contributed by atoms with Crippen LogP contribution in [-0.4, -0.2) is 18.3 Å². The maximum absolute atomic E-state index is 13.1. The molecule has 0 atom stereocenters. The topological polar surface area (TPSA) is 29.5 Å². The summed E-state index contributed by atoms with van der Waals surface area (Å²) in [4.78, 5) is 0. The minimum atomic E-state index is -0.195. The molecule has 1 N–H and O–H groups in total. The highest BCUT2D eigenvalue weighted by Gasteiger charge is 2.11. The van der Waals surface area contributed by atoms with Gasteiger partial charge in [0.25, 0.3) is 0 Å². The standard InChI is InChI=1S/C22H25FO2/c23-21-10-7-17(8-11-21)18-5-4-6-19-16-22(12-9-20(19)15-18)25-14-3-1-2-13-24/h7-12,15-16,24H,1-6,13-14H2. The summed E-state index contributed by atoms with van der Waals surface area (Å²) in [5.74, 6) is 0.723. The van der Waals surface area contributed by atoms with Gasteiger partial charge >= 0.3 is 0 Å². The first-order valence-corrected chi connectivity index (χ1v) is 9.09. The van der Waals surface area contributed by atoms with Crippen molar-refractivity contribution in [1.29, 1.82) is 0 Å². The van der Waals surface area contributed by atoms with Crippen molar-refractivity contribution in [2.24, 2.45) is 0 Å². The van der Waals surface area contributed by atoms with Gasteiger partial charge in [0.1, 0.15) is 11.6 Å². The zero-order valence-corrected chi connectivity index (χ0v) is 14.5. The number of ether oxygens (including phenoxy) is 1. The number of halogens is 1. The van der Waals surface area contributed by atoms with Gasteiger partial charge in [-0.3, -0.25) is 0 Å². The number of unbranched alkanes of at least 4 members (excludes halogenated alkanes) is 2. The molecule has 2 nitrogen and oxygen atoms in total. The summed E-state index contributed by atoms with van der Waals surface area (Å²) in [6.45, 7) is 0.941. The molecule has 2 aromatic rings. The van der Waals surface area contributed by atoms with Crippen LogP contribution in [0.5, 0.6) is 5.75 Å². The summed E-state index contributed by atoms with van der Waals surface area (Å²) >= 11 is 0. The minimum Gasteiger partial charge on any atom is -0.494 e. The van der Waals surface area contributed by atoms with Crippen LogP contribution >= 0.6 is 0 Å². The van der Waals surface area contributed by atoms with Crippen molar-refractivity contribution >= 4 is 11.6 Å². The lowest BCUT2D eigenvalue weighted by atomic mass is 10.0. The molecule has 0 radical (unpaired) electrons. The van der Waals surface area contributed by atoms with Gasteiger partial charge in [-0.1, -0.05) is 24.3 Å². The molecule has 0 spiro atoms. The number of hydrogen-bond donors (Lipinski definition) is 1. The van der Waals surface area contributed by atoms with Crippen molar-refractivity contribution in [3.05, 3.63) is 65.0 Å². The van der Waals surface area contributed by atoms with E-state index in [9.17, 15) is 4.39 Å². The third-order valence-electron chi connectivity index (χ3n) is 4.62. The molecule has 0 unspecified atom stereocenters.